The van der Waals surface area contributed by atoms with E-state index >= 15 is 0 Å². The summed E-state index contributed by atoms with van der Waals surface area (Å²) < 4.78 is 26.1. The van der Waals surface area contributed by atoms with Gasteiger partial charge in [-0.15, -0.1) is 0 Å². The molecule has 6 nitrogen and oxygen atoms in total. The SMILES string of the molecule is CC(NC(=O)CCCN1C(=O)CN(C)C1=O)c1ccc(F)c(F)c1. The minimum atomic E-state index is -0.969. The van der Waals surface area contributed by atoms with Crippen molar-refractivity contribution in [3.63, 3.8) is 0 Å². The van der Waals surface area contributed by atoms with Gasteiger partial charge in [0.05, 0.1) is 6.04 Å². The van der Waals surface area contributed by atoms with E-state index in [4.69, 9.17) is 0 Å². The molecule has 0 bridgehead atoms. The van der Waals surface area contributed by atoms with Crippen LogP contribution in [-0.4, -0.2) is 47.8 Å². The van der Waals surface area contributed by atoms with Crippen LogP contribution in [0.15, 0.2) is 18.2 Å². The van der Waals surface area contributed by atoms with E-state index in [0.717, 1.165) is 17.0 Å². The van der Waals surface area contributed by atoms with E-state index in [1.807, 2.05) is 0 Å². The predicted octanol–water partition coefficient (Wildman–Crippen LogP) is 1.82. The predicted molar refractivity (Wildman–Crippen MR) is 81.9 cm³/mol. The molecule has 1 unspecified atom stereocenters. The molecule has 130 valence electrons. The van der Waals surface area contributed by atoms with Crippen LogP contribution in [-0.2, 0) is 9.59 Å². The van der Waals surface area contributed by atoms with Crippen LogP contribution >= 0.6 is 0 Å². The van der Waals surface area contributed by atoms with Gasteiger partial charge in [0.2, 0.25) is 11.8 Å². The standard InChI is InChI=1S/C16H19F2N3O3/c1-10(11-5-6-12(17)13(18)8-11)19-14(22)4-3-7-21-15(23)9-20(2)16(21)24/h5-6,8,10H,3-4,7,9H2,1-2H3,(H,19,22). The number of hydrogen-bond acceptors (Lipinski definition) is 3. The molecule has 1 aromatic rings. The number of amides is 4. The van der Waals surface area contributed by atoms with Crippen molar-refractivity contribution < 1.29 is 23.2 Å². The van der Waals surface area contributed by atoms with Gasteiger partial charge in [-0.2, -0.15) is 0 Å². The summed E-state index contributed by atoms with van der Waals surface area (Å²) in [7, 11) is 1.54. The second-order valence-electron chi connectivity index (χ2n) is 5.75. The lowest BCUT2D eigenvalue weighted by molar-refractivity contribution is -0.126. The molecule has 1 N–H and O–H groups in total. The number of carbonyl (C=O) groups excluding carboxylic acids is 3. The van der Waals surface area contributed by atoms with Gasteiger partial charge in [-0.1, -0.05) is 6.07 Å². The van der Waals surface area contributed by atoms with Crippen molar-refractivity contribution in [1.29, 1.82) is 0 Å². The van der Waals surface area contributed by atoms with Gasteiger partial charge in [-0.25, -0.2) is 13.6 Å². The van der Waals surface area contributed by atoms with Gasteiger partial charge in [-0.05, 0) is 31.0 Å². The summed E-state index contributed by atoms with van der Waals surface area (Å²) in [5.74, 6) is -2.48. The van der Waals surface area contributed by atoms with Crippen molar-refractivity contribution in [1.82, 2.24) is 15.1 Å². The second kappa shape index (κ2) is 7.37. The van der Waals surface area contributed by atoms with E-state index < -0.39 is 17.7 Å². The summed E-state index contributed by atoms with van der Waals surface area (Å²) in [5.41, 5.74) is 0.453. The highest BCUT2D eigenvalue weighted by Gasteiger charge is 2.32. The number of halogens is 2. The first-order valence-corrected chi connectivity index (χ1v) is 7.59. The van der Waals surface area contributed by atoms with E-state index in [9.17, 15) is 23.2 Å². The normalized spacial score (nSPS) is 15.8. The zero-order valence-corrected chi connectivity index (χ0v) is 13.5. The Kier molecular flexibility index (Phi) is 5.48. The van der Waals surface area contributed by atoms with Crippen LogP contribution in [0.1, 0.15) is 31.4 Å². The fraction of sp³-hybridized carbons (Fsp3) is 0.438. The van der Waals surface area contributed by atoms with Crippen LogP contribution in [0, 0.1) is 11.6 Å². The van der Waals surface area contributed by atoms with E-state index in [-0.39, 0.29) is 37.4 Å². The topological polar surface area (TPSA) is 69.7 Å². The Morgan fingerprint density at radius 2 is 2.00 bits per heavy atom. The summed E-state index contributed by atoms with van der Waals surface area (Å²) in [6, 6.07) is 2.61. The molecule has 2 rings (SSSR count). The average molecular weight is 339 g/mol. The molecule has 1 aliphatic heterocycles. The maximum atomic E-state index is 13.2. The second-order valence-corrected chi connectivity index (χ2v) is 5.75. The van der Waals surface area contributed by atoms with Crippen molar-refractivity contribution in [3.8, 4) is 0 Å². The maximum absolute atomic E-state index is 13.2. The van der Waals surface area contributed by atoms with Crippen molar-refractivity contribution in [2.45, 2.75) is 25.8 Å². The van der Waals surface area contributed by atoms with Gasteiger partial charge in [0.15, 0.2) is 11.6 Å². The molecule has 0 saturated carbocycles. The molecule has 1 atom stereocenters. The van der Waals surface area contributed by atoms with Crippen molar-refractivity contribution in [2.75, 3.05) is 20.1 Å². The molecule has 1 aromatic carbocycles. The van der Waals surface area contributed by atoms with Crippen molar-refractivity contribution >= 4 is 17.8 Å². The smallest absolute Gasteiger partial charge is 0.326 e. The number of hydrogen-bond donors (Lipinski definition) is 1. The van der Waals surface area contributed by atoms with Gasteiger partial charge in [-0.3, -0.25) is 14.5 Å². The number of nitrogens with one attached hydrogen (secondary N) is 1. The summed E-state index contributed by atoms with van der Waals surface area (Å²) in [6.45, 7) is 1.89. The number of urea groups is 1. The first-order valence-electron chi connectivity index (χ1n) is 7.59. The molecule has 1 saturated heterocycles. The number of likely N-dealkylation sites (N-methyl/N-ethyl adjacent to an activating group) is 1. The molecule has 0 aliphatic carbocycles. The largest absolute Gasteiger partial charge is 0.350 e. The molecule has 4 amide bonds. The monoisotopic (exact) mass is 339 g/mol. The van der Waals surface area contributed by atoms with E-state index in [0.29, 0.717) is 12.0 Å². The number of benzene rings is 1. The first kappa shape index (κ1) is 17.8. The number of nitrogens with zero attached hydrogens (tertiary/aromatic N) is 2. The molecule has 24 heavy (non-hydrogen) atoms. The van der Waals surface area contributed by atoms with Crippen LogP contribution in [0.3, 0.4) is 0 Å². The maximum Gasteiger partial charge on any atom is 0.326 e. The summed E-state index contributed by atoms with van der Waals surface area (Å²) in [6.07, 6.45) is 0.455. The minimum absolute atomic E-state index is 0.0538. The first-order chi connectivity index (χ1) is 11.3. The lowest BCUT2D eigenvalue weighted by Gasteiger charge is -2.16. The quantitative estimate of drug-likeness (QED) is 0.804. The fourth-order valence-electron chi connectivity index (χ4n) is 2.47. The fourth-order valence-corrected chi connectivity index (χ4v) is 2.47. The summed E-state index contributed by atoms with van der Waals surface area (Å²) >= 11 is 0. The van der Waals surface area contributed by atoms with Gasteiger partial charge in [0.1, 0.15) is 6.54 Å². The Morgan fingerprint density at radius 1 is 1.29 bits per heavy atom. The third-order valence-electron chi connectivity index (χ3n) is 3.84. The summed E-state index contributed by atoms with van der Waals surface area (Å²) in [5, 5.41) is 2.67. The Balaban J connectivity index is 1.80. The third-order valence-corrected chi connectivity index (χ3v) is 3.84. The molecule has 1 heterocycles. The number of carbonyl (C=O) groups is 3. The molecule has 0 radical (unpaired) electrons. The number of rotatable bonds is 6. The third kappa shape index (κ3) is 4.06. The van der Waals surface area contributed by atoms with Gasteiger partial charge >= 0.3 is 6.03 Å². The summed E-state index contributed by atoms with van der Waals surface area (Å²) in [4.78, 5) is 37.6. The highest BCUT2D eigenvalue weighted by atomic mass is 19.2. The Morgan fingerprint density at radius 3 is 2.58 bits per heavy atom. The van der Waals surface area contributed by atoms with Crippen LogP contribution in [0.2, 0.25) is 0 Å². The van der Waals surface area contributed by atoms with E-state index in [1.54, 1.807) is 6.92 Å². The number of imide groups is 1. The van der Waals surface area contributed by atoms with E-state index in [1.165, 1.54) is 18.0 Å². The van der Waals surface area contributed by atoms with Gasteiger partial charge < -0.3 is 10.2 Å². The van der Waals surface area contributed by atoms with Crippen molar-refractivity contribution in [3.05, 3.63) is 35.4 Å². The molecule has 0 aromatic heterocycles. The van der Waals surface area contributed by atoms with E-state index in [2.05, 4.69) is 5.32 Å². The van der Waals surface area contributed by atoms with Crippen LogP contribution in [0.25, 0.3) is 0 Å². The highest BCUT2D eigenvalue weighted by Crippen LogP contribution is 2.16. The molecular formula is C16H19F2N3O3. The average Bonchev–Trinajstić information content (AvgIpc) is 2.76. The molecule has 0 spiro atoms. The van der Waals surface area contributed by atoms with Crippen LogP contribution in [0.5, 0.6) is 0 Å². The Labute approximate surface area is 138 Å². The molecule has 1 aliphatic rings. The Hall–Kier alpha value is -2.51. The lowest BCUT2D eigenvalue weighted by atomic mass is 10.1. The molecule has 1 fully saturated rings. The van der Waals surface area contributed by atoms with Gasteiger partial charge in [0.25, 0.3) is 0 Å². The zero-order chi connectivity index (χ0) is 17.9. The zero-order valence-electron chi connectivity index (χ0n) is 13.5. The minimum Gasteiger partial charge on any atom is -0.350 e. The highest BCUT2D eigenvalue weighted by molar-refractivity contribution is 6.01. The van der Waals surface area contributed by atoms with Crippen molar-refractivity contribution in [2.24, 2.45) is 0 Å². The van der Waals surface area contributed by atoms with Gasteiger partial charge in [0, 0.05) is 20.0 Å². The Bertz CT molecular complexity index is 666. The van der Waals surface area contributed by atoms with Crippen LogP contribution < -0.4 is 5.32 Å². The molecule has 8 heteroatoms. The van der Waals surface area contributed by atoms with Crippen LogP contribution in [0.4, 0.5) is 13.6 Å². The molecular weight excluding hydrogens is 320 g/mol. The lowest BCUT2D eigenvalue weighted by Crippen LogP contribution is -2.33.